The molecule has 1 aromatic heterocycles. The zero-order valence-corrected chi connectivity index (χ0v) is 15.0. The van der Waals surface area contributed by atoms with E-state index in [1.54, 1.807) is 16.8 Å². The predicted molar refractivity (Wildman–Crippen MR) is 89.2 cm³/mol. The van der Waals surface area contributed by atoms with Gasteiger partial charge in [-0.1, -0.05) is 69.4 Å². The fourth-order valence-corrected chi connectivity index (χ4v) is 2.93. The summed E-state index contributed by atoms with van der Waals surface area (Å²) >= 11 is 18.6. The van der Waals surface area contributed by atoms with Crippen molar-refractivity contribution in [3.8, 4) is 5.69 Å². The lowest BCUT2D eigenvalue weighted by Crippen LogP contribution is -2.19. The molecule has 0 aliphatic heterocycles. The SMILES string of the molecule is CC(C)c1nc(C(C)(C)C)n(-c2c(Cl)cc(Cl)cc2Cl)n1. The molecule has 21 heavy (non-hydrogen) atoms. The van der Waals surface area contributed by atoms with Crippen molar-refractivity contribution in [2.75, 3.05) is 0 Å². The molecule has 0 aliphatic rings. The van der Waals surface area contributed by atoms with Gasteiger partial charge in [0.05, 0.1) is 10.0 Å². The number of hydrogen-bond acceptors (Lipinski definition) is 2. The van der Waals surface area contributed by atoms with E-state index in [1.807, 2.05) is 0 Å². The highest BCUT2D eigenvalue weighted by Gasteiger charge is 2.26. The van der Waals surface area contributed by atoms with Gasteiger partial charge < -0.3 is 0 Å². The molecule has 0 saturated heterocycles. The Balaban J connectivity index is 2.74. The Morgan fingerprint density at radius 3 is 2.00 bits per heavy atom. The molecular formula is C15H18Cl3N3. The zero-order chi connectivity index (χ0) is 15.9. The van der Waals surface area contributed by atoms with Gasteiger partial charge in [0.25, 0.3) is 0 Å². The van der Waals surface area contributed by atoms with Crippen molar-refractivity contribution in [2.45, 2.75) is 46.0 Å². The molecule has 0 saturated carbocycles. The Morgan fingerprint density at radius 2 is 1.57 bits per heavy atom. The van der Waals surface area contributed by atoms with Crippen LogP contribution in [0.15, 0.2) is 12.1 Å². The van der Waals surface area contributed by atoms with E-state index in [0.29, 0.717) is 20.8 Å². The molecule has 1 aromatic carbocycles. The molecule has 0 unspecified atom stereocenters. The summed E-state index contributed by atoms with van der Waals surface area (Å²) in [7, 11) is 0. The second kappa shape index (κ2) is 5.79. The maximum Gasteiger partial charge on any atom is 0.153 e. The Bertz CT molecular complexity index is 646. The summed E-state index contributed by atoms with van der Waals surface area (Å²) in [5.41, 5.74) is 0.430. The second-order valence-corrected chi connectivity index (χ2v) is 7.58. The van der Waals surface area contributed by atoms with Crippen LogP contribution in [0, 0.1) is 0 Å². The lowest BCUT2D eigenvalue weighted by Gasteiger charge is -2.19. The van der Waals surface area contributed by atoms with Crippen LogP contribution in [0.5, 0.6) is 0 Å². The van der Waals surface area contributed by atoms with Gasteiger partial charge >= 0.3 is 0 Å². The minimum Gasteiger partial charge on any atom is -0.215 e. The van der Waals surface area contributed by atoms with Crippen LogP contribution in [-0.4, -0.2) is 14.8 Å². The van der Waals surface area contributed by atoms with Crippen molar-refractivity contribution in [3.05, 3.63) is 38.8 Å². The molecule has 1 heterocycles. The topological polar surface area (TPSA) is 30.7 Å². The van der Waals surface area contributed by atoms with Crippen molar-refractivity contribution in [2.24, 2.45) is 0 Å². The van der Waals surface area contributed by atoms with Crippen LogP contribution in [0.4, 0.5) is 0 Å². The first-order valence-electron chi connectivity index (χ1n) is 6.73. The molecule has 0 spiro atoms. The van der Waals surface area contributed by atoms with Crippen LogP contribution in [0.2, 0.25) is 15.1 Å². The molecule has 2 aromatic rings. The predicted octanol–water partition coefficient (Wildman–Crippen LogP) is 5.65. The fraction of sp³-hybridized carbons (Fsp3) is 0.467. The van der Waals surface area contributed by atoms with Gasteiger partial charge in [-0.15, -0.1) is 0 Å². The molecule has 3 nitrogen and oxygen atoms in total. The summed E-state index contributed by atoms with van der Waals surface area (Å²) in [5.74, 6) is 1.80. The third-order valence-electron chi connectivity index (χ3n) is 3.00. The van der Waals surface area contributed by atoms with Gasteiger partial charge in [-0.3, -0.25) is 0 Å². The van der Waals surface area contributed by atoms with Gasteiger partial charge in [-0.2, -0.15) is 5.10 Å². The van der Waals surface area contributed by atoms with Gasteiger partial charge in [0, 0.05) is 16.4 Å². The van der Waals surface area contributed by atoms with E-state index in [9.17, 15) is 0 Å². The molecule has 0 aliphatic carbocycles. The Labute approximate surface area is 140 Å². The Hall–Kier alpha value is -0.770. The highest BCUT2D eigenvalue weighted by Crippen LogP contribution is 2.35. The van der Waals surface area contributed by atoms with Gasteiger partial charge in [-0.05, 0) is 12.1 Å². The van der Waals surface area contributed by atoms with Gasteiger partial charge in [-0.25, -0.2) is 9.67 Å². The number of benzene rings is 1. The fourth-order valence-electron chi connectivity index (χ4n) is 1.95. The lowest BCUT2D eigenvalue weighted by molar-refractivity contribution is 0.526. The van der Waals surface area contributed by atoms with Crippen LogP contribution in [0.3, 0.4) is 0 Å². The molecule has 6 heteroatoms. The van der Waals surface area contributed by atoms with E-state index in [-0.39, 0.29) is 11.3 Å². The summed E-state index contributed by atoms with van der Waals surface area (Å²) < 4.78 is 1.73. The molecule has 0 radical (unpaired) electrons. The minimum atomic E-state index is -0.188. The number of rotatable bonds is 2. The van der Waals surface area contributed by atoms with E-state index in [1.165, 1.54) is 0 Å². The summed E-state index contributed by atoms with van der Waals surface area (Å²) in [6.07, 6.45) is 0. The average Bonchev–Trinajstić information content (AvgIpc) is 2.71. The zero-order valence-electron chi connectivity index (χ0n) is 12.7. The third kappa shape index (κ3) is 3.36. The van der Waals surface area contributed by atoms with Gasteiger partial charge in [0.2, 0.25) is 0 Å². The lowest BCUT2D eigenvalue weighted by atomic mass is 9.95. The molecule has 0 N–H and O–H groups in total. The largest absolute Gasteiger partial charge is 0.215 e. The normalized spacial score (nSPS) is 12.2. The smallest absolute Gasteiger partial charge is 0.153 e. The Morgan fingerprint density at radius 1 is 1.05 bits per heavy atom. The number of hydrogen-bond donors (Lipinski definition) is 0. The van der Waals surface area contributed by atoms with Crippen molar-refractivity contribution in [3.63, 3.8) is 0 Å². The van der Waals surface area contributed by atoms with Crippen LogP contribution in [0.1, 0.15) is 52.2 Å². The van der Waals surface area contributed by atoms with Crippen LogP contribution in [-0.2, 0) is 5.41 Å². The molecule has 2 rings (SSSR count). The molecule has 0 fully saturated rings. The van der Waals surface area contributed by atoms with Crippen molar-refractivity contribution < 1.29 is 0 Å². The maximum absolute atomic E-state index is 6.32. The monoisotopic (exact) mass is 345 g/mol. The standard InChI is InChI=1S/C15H18Cl3N3/c1-8(2)13-19-14(15(3,4)5)21(20-13)12-10(17)6-9(16)7-11(12)18/h6-8H,1-5H3. The summed E-state index contributed by atoms with van der Waals surface area (Å²) in [6.45, 7) is 10.3. The van der Waals surface area contributed by atoms with Crippen molar-refractivity contribution in [1.82, 2.24) is 14.8 Å². The molecule has 114 valence electrons. The second-order valence-electron chi connectivity index (χ2n) is 6.33. The van der Waals surface area contributed by atoms with E-state index < -0.39 is 0 Å². The maximum atomic E-state index is 6.32. The van der Waals surface area contributed by atoms with Crippen molar-refractivity contribution in [1.29, 1.82) is 0 Å². The number of halogens is 3. The van der Waals surface area contributed by atoms with Crippen LogP contribution >= 0.6 is 34.8 Å². The van der Waals surface area contributed by atoms with E-state index in [2.05, 4.69) is 44.7 Å². The van der Waals surface area contributed by atoms with E-state index in [4.69, 9.17) is 34.8 Å². The first-order valence-corrected chi connectivity index (χ1v) is 7.87. The van der Waals surface area contributed by atoms with Gasteiger partial charge in [0.1, 0.15) is 11.5 Å². The van der Waals surface area contributed by atoms with Crippen molar-refractivity contribution >= 4 is 34.8 Å². The highest BCUT2D eigenvalue weighted by molar-refractivity contribution is 6.40. The quantitative estimate of drug-likeness (QED) is 0.703. The van der Waals surface area contributed by atoms with Crippen LogP contribution in [0.25, 0.3) is 5.69 Å². The molecule has 0 amide bonds. The Kier molecular flexibility index (Phi) is 4.57. The highest BCUT2D eigenvalue weighted by atomic mass is 35.5. The minimum absolute atomic E-state index is 0.188. The summed E-state index contributed by atoms with van der Waals surface area (Å²) in [5, 5.41) is 6.00. The van der Waals surface area contributed by atoms with E-state index in [0.717, 1.165) is 11.6 Å². The number of aromatic nitrogens is 3. The molecule has 0 atom stereocenters. The first kappa shape index (κ1) is 16.6. The summed E-state index contributed by atoms with van der Waals surface area (Å²) in [4.78, 5) is 4.66. The first-order chi connectivity index (χ1) is 9.61. The third-order valence-corrected chi connectivity index (χ3v) is 3.80. The molecule has 0 bridgehead atoms. The van der Waals surface area contributed by atoms with Crippen LogP contribution < -0.4 is 0 Å². The number of nitrogens with zero attached hydrogens (tertiary/aromatic N) is 3. The van der Waals surface area contributed by atoms with Gasteiger partial charge in [0.15, 0.2) is 5.82 Å². The summed E-state index contributed by atoms with van der Waals surface area (Å²) in [6, 6.07) is 3.32. The average molecular weight is 347 g/mol. The molecular weight excluding hydrogens is 329 g/mol. The van der Waals surface area contributed by atoms with E-state index >= 15 is 0 Å².